The number of hydrogen-bond donors (Lipinski definition) is 1. The molecule has 1 aromatic heterocycles. The molecular weight excluding hydrogens is 370 g/mol. The maximum atomic E-state index is 13.1. The first kappa shape index (κ1) is 19.2. The summed E-state index contributed by atoms with van der Waals surface area (Å²) in [4.78, 5) is 41.8. The molecule has 0 bridgehead atoms. The van der Waals surface area contributed by atoms with Crippen molar-refractivity contribution in [1.29, 1.82) is 0 Å². The number of carbonyl (C=O) groups excluding carboxylic acids is 3. The van der Waals surface area contributed by atoms with Crippen LogP contribution in [0.5, 0.6) is 0 Å². The van der Waals surface area contributed by atoms with Crippen molar-refractivity contribution in [1.82, 2.24) is 9.80 Å². The minimum atomic E-state index is -0.967. The first-order valence-corrected chi connectivity index (χ1v) is 9.91. The molecule has 4 rings (SSSR count). The van der Waals surface area contributed by atoms with Gasteiger partial charge in [-0.2, -0.15) is 0 Å². The molecule has 3 amide bonds. The van der Waals surface area contributed by atoms with Gasteiger partial charge in [0.1, 0.15) is 5.41 Å². The Labute approximate surface area is 169 Å². The fourth-order valence-corrected chi connectivity index (χ4v) is 3.93. The van der Waals surface area contributed by atoms with Crippen molar-refractivity contribution in [3.63, 3.8) is 0 Å². The number of anilines is 1. The smallest absolute Gasteiger partial charge is 0.289 e. The number of benzene rings is 1. The molecule has 152 valence electrons. The number of nitrogens with one attached hydrogen (secondary N) is 1. The van der Waals surface area contributed by atoms with E-state index in [1.165, 1.54) is 6.26 Å². The van der Waals surface area contributed by atoms with Crippen LogP contribution in [0.15, 0.2) is 41.0 Å². The van der Waals surface area contributed by atoms with E-state index in [0.717, 1.165) is 16.8 Å². The van der Waals surface area contributed by atoms with E-state index >= 15 is 0 Å². The van der Waals surface area contributed by atoms with Gasteiger partial charge in [-0.3, -0.25) is 14.4 Å². The highest BCUT2D eigenvalue weighted by Crippen LogP contribution is 2.48. The van der Waals surface area contributed by atoms with Crippen molar-refractivity contribution in [2.24, 2.45) is 5.41 Å². The van der Waals surface area contributed by atoms with Gasteiger partial charge in [-0.05, 0) is 62.1 Å². The van der Waals surface area contributed by atoms with Gasteiger partial charge in [-0.15, -0.1) is 0 Å². The number of piperazine rings is 1. The van der Waals surface area contributed by atoms with Gasteiger partial charge in [-0.1, -0.05) is 6.07 Å². The summed E-state index contributed by atoms with van der Waals surface area (Å²) >= 11 is 0. The van der Waals surface area contributed by atoms with Gasteiger partial charge in [0.05, 0.1) is 6.26 Å². The number of carbonyl (C=O) groups is 3. The number of rotatable bonds is 4. The molecule has 7 heteroatoms. The molecule has 1 aliphatic carbocycles. The number of furan rings is 1. The van der Waals surface area contributed by atoms with Crippen LogP contribution in [0.2, 0.25) is 0 Å². The zero-order valence-electron chi connectivity index (χ0n) is 16.7. The molecule has 2 heterocycles. The number of nitrogens with zero attached hydrogens (tertiary/aromatic N) is 2. The molecule has 2 aliphatic rings. The van der Waals surface area contributed by atoms with Crippen LogP contribution in [0.1, 0.15) is 34.5 Å². The van der Waals surface area contributed by atoms with Gasteiger partial charge in [0, 0.05) is 31.9 Å². The van der Waals surface area contributed by atoms with Gasteiger partial charge in [0.15, 0.2) is 5.76 Å². The summed E-state index contributed by atoms with van der Waals surface area (Å²) < 4.78 is 5.17. The molecule has 29 heavy (non-hydrogen) atoms. The molecule has 0 radical (unpaired) electrons. The van der Waals surface area contributed by atoms with E-state index in [2.05, 4.69) is 5.32 Å². The Morgan fingerprint density at radius 3 is 2.14 bits per heavy atom. The SMILES string of the molecule is Cc1cc(C)cc(NC(=O)C2(C(=O)N3CCN(C(=O)c4ccco4)CC3)CC2)c1. The lowest BCUT2D eigenvalue weighted by molar-refractivity contribution is -0.143. The first-order valence-electron chi connectivity index (χ1n) is 9.91. The fourth-order valence-electron chi connectivity index (χ4n) is 3.93. The van der Waals surface area contributed by atoms with Gasteiger partial charge < -0.3 is 19.5 Å². The molecule has 7 nitrogen and oxygen atoms in total. The van der Waals surface area contributed by atoms with Crippen molar-refractivity contribution in [3.8, 4) is 0 Å². The Morgan fingerprint density at radius 2 is 1.59 bits per heavy atom. The largest absolute Gasteiger partial charge is 0.459 e. The topological polar surface area (TPSA) is 82.9 Å². The second-order valence-electron chi connectivity index (χ2n) is 7.97. The summed E-state index contributed by atoms with van der Waals surface area (Å²) in [7, 11) is 0. The zero-order valence-corrected chi connectivity index (χ0v) is 16.7. The molecular formula is C22H25N3O4. The lowest BCUT2D eigenvalue weighted by Crippen LogP contribution is -2.53. The summed E-state index contributed by atoms with van der Waals surface area (Å²) in [6, 6.07) is 9.17. The van der Waals surface area contributed by atoms with Crippen LogP contribution in [0.3, 0.4) is 0 Å². The van der Waals surface area contributed by atoms with Gasteiger partial charge in [0.25, 0.3) is 5.91 Å². The number of amides is 3. The van der Waals surface area contributed by atoms with Crippen LogP contribution in [0.25, 0.3) is 0 Å². The molecule has 1 N–H and O–H groups in total. The molecule has 0 atom stereocenters. The zero-order chi connectivity index (χ0) is 20.6. The quantitative estimate of drug-likeness (QED) is 0.807. The number of hydrogen-bond acceptors (Lipinski definition) is 4. The molecule has 1 saturated heterocycles. The monoisotopic (exact) mass is 395 g/mol. The standard InChI is InChI=1S/C22H25N3O4/c1-15-12-16(2)14-17(13-15)23-20(27)22(5-6-22)21(28)25-9-7-24(8-10-25)19(26)18-4-3-11-29-18/h3-4,11-14H,5-10H2,1-2H3,(H,23,27). The predicted molar refractivity (Wildman–Crippen MR) is 107 cm³/mol. The van der Waals surface area contributed by atoms with E-state index in [0.29, 0.717) is 44.8 Å². The molecule has 1 saturated carbocycles. The van der Waals surface area contributed by atoms with Crippen molar-refractivity contribution >= 4 is 23.4 Å². The summed E-state index contributed by atoms with van der Waals surface area (Å²) in [6.45, 7) is 5.65. The van der Waals surface area contributed by atoms with Crippen LogP contribution in [0.4, 0.5) is 5.69 Å². The molecule has 2 aromatic rings. The third kappa shape index (κ3) is 3.77. The molecule has 1 aliphatic heterocycles. The van der Waals surface area contributed by atoms with Crippen LogP contribution < -0.4 is 5.32 Å². The van der Waals surface area contributed by atoms with Crippen molar-refractivity contribution in [2.75, 3.05) is 31.5 Å². The summed E-state index contributed by atoms with van der Waals surface area (Å²) in [5.74, 6) is -0.238. The summed E-state index contributed by atoms with van der Waals surface area (Å²) in [5.41, 5.74) is 1.88. The highest BCUT2D eigenvalue weighted by atomic mass is 16.3. The van der Waals surface area contributed by atoms with E-state index < -0.39 is 5.41 Å². The van der Waals surface area contributed by atoms with E-state index in [1.807, 2.05) is 32.0 Å². The van der Waals surface area contributed by atoms with E-state index in [1.54, 1.807) is 21.9 Å². The summed E-state index contributed by atoms with van der Waals surface area (Å²) in [6.07, 6.45) is 2.60. The normalized spacial score (nSPS) is 17.7. The van der Waals surface area contributed by atoms with Gasteiger partial charge in [0.2, 0.25) is 11.8 Å². The fraction of sp³-hybridized carbons (Fsp3) is 0.409. The maximum Gasteiger partial charge on any atom is 0.289 e. The second-order valence-corrected chi connectivity index (χ2v) is 7.97. The van der Waals surface area contributed by atoms with Crippen LogP contribution >= 0.6 is 0 Å². The summed E-state index contributed by atoms with van der Waals surface area (Å²) in [5, 5.41) is 2.93. The van der Waals surface area contributed by atoms with Crippen LogP contribution in [-0.2, 0) is 9.59 Å². The number of aryl methyl sites for hydroxylation is 2. The minimum absolute atomic E-state index is 0.135. The average molecular weight is 395 g/mol. The van der Waals surface area contributed by atoms with Crippen molar-refractivity contribution in [3.05, 3.63) is 53.5 Å². The van der Waals surface area contributed by atoms with Crippen molar-refractivity contribution in [2.45, 2.75) is 26.7 Å². The Hall–Kier alpha value is -3.09. The lowest BCUT2D eigenvalue weighted by Gasteiger charge is -2.36. The highest BCUT2D eigenvalue weighted by molar-refractivity contribution is 6.13. The maximum absolute atomic E-state index is 13.1. The second kappa shape index (κ2) is 7.39. The predicted octanol–water partition coefficient (Wildman–Crippen LogP) is 2.60. The Bertz CT molecular complexity index is 919. The Kier molecular flexibility index (Phi) is 4.90. The first-order chi connectivity index (χ1) is 13.9. The van der Waals surface area contributed by atoms with E-state index in [-0.39, 0.29) is 17.7 Å². The third-order valence-electron chi connectivity index (χ3n) is 5.66. The van der Waals surface area contributed by atoms with Crippen molar-refractivity contribution < 1.29 is 18.8 Å². The Balaban J connectivity index is 1.38. The average Bonchev–Trinajstić information content (AvgIpc) is 3.33. The lowest BCUT2D eigenvalue weighted by atomic mass is 10.0. The third-order valence-corrected chi connectivity index (χ3v) is 5.66. The van der Waals surface area contributed by atoms with Gasteiger partial charge >= 0.3 is 0 Å². The molecule has 1 aromatic carbocycles. The molecule has 2 fully saturated rings. The van der Waals surface area contributed by atoms with E-state index in [4.69, 9.17) is 4.42 Å². The Morgan fingerprint density at radius 1 is 0.966 bits per heavy atom. The van der Waals surface area contributed by atoms with Crippen LogP contribution in [0, 0.1) is 19.3 Å². The minimum Gasteiger partial charge on any atom is -0.459 e. The van der Waals surface area contributed by atoms with E-state index in [9.17, 15) is 14.4 Å². The highest BCUT2D eigenvalue weighted by Gasteiger charge is 2.58. The molecule has 0 unspecified atom stereocenters. The molecule has 0 spiro atoms. The van der Waals surface area contributed by atoms with Crippen LogP contribution in [-0.4, -0.2) is 53.7 Å². The van der Waals surface area contributed by atoms with Gasteiger partial charge in [-0.25, -0.2) is 0 Å².